The monoisotopic (exact) mass is 517 g/mol. The molecule has 0 amide bonds. The van der Waals surface area contributed by atoms with Gasteiger partial charge in [0.15, 0.2) is 5.96 Å². The SMILES string of the molecule is COc1ccc(OC)c(NC(N)=NCC2(N3CCCCC3)CCN(C)CC2)c1.I. The van der Waals surface area contributed by atoms with E-state index in [0.717, 1.165) is 43.9 Å². The van der Waals surface area contributed by atoms with Gasteiger partial charge in [0.25, 0.3) is 0 Å². The molecule has 1 aromatic rings. The number of ether oxygens (including phenoxy) is 2. The summed E-state index contributed by atoms with van der Waals surface area (Å²) in [5, 5.41) is 3.20. The van der Waals surface area contributed by atoms with Crippen molar-refractivity contribution in [3.05, 3.63) is 18.2 Å². The first-order valence-corrected chi connectivity index (χ1v) is 10.3. The van der Waals surface area contributed by atoms with Crippen LogP contribution in [-0.4, -0.2) is 75.3 Å². The molecule has 1 aromatic carbocycles. The third-order valence-electron chi connectivity index (χ3n) is 6.16. The van der Waals surface area contributed by atoms with Crippen molar-refractivity contribution in [1.82, 2.24) is 9.80 Å². The second kappa shape index (κ2) is 11.2. The number of benzene rings is 1. The van der Waals surface area contributed by atoms with Gasteiger partial charge in [0.2, 0.25) is 0 Å². The molecule has 0 unspecified atom stereocenters. The zero-order valence-electron chi connectivity index (χ0n) is 17.9. The Balaban J connectivity index is 0.00000300. The molecule has 164 valence electrons. The molecular weight excluding hydrogens is 481 g/mol. The van der Waals surface area contributed by atoms with Gasteiger partial charge in [0.05, 0.1) is 26.5 Å². The number of methoxy groups -OCH3 is 2. The van der Waals surface area contributed by atoms with Crippen molar-refractivity contribution in [3.63, 3.8) is 0 Å². The van der Waals surface area contributed by atoms with Crippen LogP contribution in [-0.2, 0) is 0 Å². The molecule has 0 aromatic heterocycles. The fourth-order valence-corrected chi connectivity index (χ4v) is 4.30. The van der Waals surface area contributed by atoms with E-state index in [2.05, 4.69) is 22.2 Å². The molecule has 8 heteroatoms. The number of hydrogen-bond donors (Lipinski definition) is 2. The number of likely N-dealkylation sites (tertiary alicyclic amines) is 2. The molecule has 0 atom stereocenters. The van der Waals surface area contributed by atoms with Gasteiger partial charge in [0, 0.05) is 11.6 Å². The normalized spacial score (nSPS) is 20.6. The number of hydrogen-bond acceptors (Lipinski definition) is 5. The van der Waals surface area contributed by atoms with Crippen molar-refractivity contribution < 1.29 is 9.47 Å². The summed E-state index contributed by atoms with van der Waals surface area (Å²) in [5.41, 5.74) is 7.15. The first-order chi connectivity index (χ1) is 13.6. The maximum atomic E-state index is 6.27. The van der Waals surface area contributed by atoms with Crippen LogP contribution in [0.15, 0.2) is 23.2 Å². The third kappa shape index (κ3) is 6.11. The molecular formula is C21H36IN5O2. The molecule has 2 aliphatic heterocycles. The van der Waals surface area contributed by atoms with Gasteiger partial charge in [-0.2, -0.15) is 0 Å². The molecule has 2 heterocycles. The highest BCUT2D eigenvalue weighted by molar-refractivity contribution is 14.0. The van der Waals surface area contributed by atoms with E-state index in [0.29, 0.717) is 11.7 Å². The number of guanidine groups is 1. The first-order valence-electron chi connectivity index (χ1n) is 10.3. The number of aliphatic imine (C=N–C) groups is 1. The Bertz CT molecular complexity index is 671. The van der Waals surface area contributed by atoms with E-state index in [1.807, 2.05) is 18.2 Å². The van der Waals surface area contributed by atoms with Gasteiger partial charge < -0.3 is 25.4 Å². The Labute approximate surface area is 192 Å². The summed E-state index contributed by atoms with van der Waals surface area (Å²) in [6.07, 6.45) is 6.20. The largest absolute Gasteiger partial charge is 0.497 e. The lowest BCUT2D eigenvalue weighted by atomic mass is 9.84. The summed E-state index contributed by atoms with van der Waals surface area (Å²) in [6, 6.07) is 5.60. The average Bonchev–Trinajstić information content (AvgIpc) is 2.74. The summed E-state index contributed by atoms with van der Waals surface area (Å²) in [5.74, 6) is 1.88. The zero-order valence-corrected chi connectivity index (χ0v) is 20.3. The van der Waals surface area contributed by atoms with Crippen LogP contribution in [0.2, 0.25) is 0 Å². The van der Waals surface area contributed by atoms with Gasteiger partial charge in [0.1, 0.15) is 11.5 Å². The van der Waals surface area contributed by atoms with Gasteiger partial charge in [-0.05, 0) is 71.0 Å². The Morgan fingerprint density at radius 1 is 1.10 bits per heavy atom. The molecule has 29 heavy (non-hydrogen) atoms. The summed E-state index contributed by atoms with van der Waals surface area (Å²) < 4.78 is 10.7. The van der Waals surface area contributed by atoms with Crippen molar-refractivity contribution in [1.29, 1.82) is 0 Å². The van der Waals surface area contributed by atoms with Crippen LogP contribution >= 0.6 is 24.0 Å². The van der Waals surface area contributed by atoms with Crippen LogP contribution in [0.3, 0.4) is 0 Å². The van der Waals surface area contributed by atoms with E-state index in [-0.39, 0.29) is 29.5 Å². The maximum absolute atomic E-state index is 6.27. The highest BCUT2D eigenvalue weighted by Gasteiger charge is 2.39. The minimum absolute atomic E-state index is 0. The third-order valence-corrected chi connectivity index (χ3v) is 6.16. The first kappa shape index (κ1) is 24.0. The summed E-state index contributed by atoms with van der Waals surface area (Å²) >= 11 is 0. The Morgan fingerprint density at radius 3 is 2.41 bits per heavy atom. The van der Waals surface area contributed by atoms with Crippen molar-refractivity contribution in [2.45, 2.75) is 37.6 Å². The topological polar surface area (TPSA) is 75.3 Å². The molecule has 0 spiro atoms. The van der Waals surface area contributed by atoms with Crippen molar-refractivity contribution in [3.8, 4) is 11.5 Å². The maximum Gasteiger partial charge on any atom is 0.193 e. The second-order valence-corrected chi connectivity index (χ2v) is 7.97. The molecule has 3 rings (SSSR count). The molecule has 2 saturated heterocycles. The molecule has 2 fully saturated rings. The lowest BCUT2D eigenvalue weighted by Gasteiger charge is -2.49. The smallest absolute Gasteiger partial charge is 0.193 e. The summed E-state index contributed by atoms with van der Waals surface area (Å²) in [7, 11) is 5.49. The molecule has 0 saturated carbocycles. The Hall–Kier alpha value is -1.26. The van der Waals surface area contributed by atoms with Gasteiger partial charge in [-0.3, -0.25) is 9.89 Å². The minimum Gasteiger partial charge on any atom is -0.497 e. The predicted octanol–water partition coefficient (Wildman–Crippen LogP) is 3.00. The number of nitrogens with zero attached hydrogens (tertiary/aromatic N) is 3. The van der Waals surface area contributed by atoms with Gasteiger partial charge in [-0.25, -0.2) is 0 Å². The Kier molecular flexibility index (Phi) is 9.29. The van der Waals surface area contributed by atoms with Gasteiger partial charge >= 0.3 is 0 Å². The average molecular weight is 517 g/mol. The second-order valence-electron chi connectivity index (χ2n) is 7.97. The quantitative estimate of drug-likeness (QED) is 0.344. The molecule has 7 nitrogen and oxygen atoms in total. The molecule has 0 radical (unpaired) electrons. The van der Waals surface area contributed by atoms with E-state index in [4.69, 9.17) is 20.2 Å². The van der Waals surface area contributed by atoms with E-state index in [9.17, 15) is 0 Å². The number of anilines is 1. The van der Waals surface area contributed by atoms with Gasteiger partial charge in [-0.1, -0.05) is 6.42 Å². The molecule has 2 aliphatic rings. The van der Waals surface area contributed by atoms with Crippen molar-refractivity contribution in [2.75, 3.05) is 59.3 Å². The fourth-order valence-electron chi connectivity index (χ4n) is 4.30. The van der Waals surface area contributed by atoms with E-state index in [1.165, 1.54) is 32.4 Å². The number of halogens is 1. The van der Waals surface area contributed by atoms with E-state index < -0.39 is 0 Å². The predicted molar refractivity (Wildman–Crippen MR) is 130 cm³/mol. The van der Waals surface area contributed by atoms with Crippen LogP contribution in [0.1, 0.15) is 32.1 Å². The zero-order chi connectivity index (χ0) is 20.0. The van der Waals surface area contributed by atoms with Crippen LogP contribution in [0.25, 0.3) is 0 Å². The molecule has 0 aliphatic carbocycles. The number of piperidine rings is 2. The fraction of sp³-hybridized carbons (Fsp3) is 0.667. The van der Waals surface area contributed by atoms with E-state index in [1.54, 1.807) is 14.2 Å². The summed E-state index contributed by atoms with van der Waals surface area (Å²) in [4.78, 5) is 9.86. The van der Waals surface area contributed by atoms with Crippen LogP contribution < -0.4 is 20.5 Å². The number of nitrogens with one attached hydrogen (secondary N) is 1. The number of rotatable bonds is 6. The molecule has 0 bridgehead atoms. The van der Waals surface area contributed by atoms with Crippen molar-refractivity contribution >= 4 is 35.6 Å². The van der Waals surface area contributed by atoms with Crippen LogP contribution in [0.5, 0.6) is 11.5 Å². The minimum atomic E-state index is 0. The lowest BCUT2D eigenvalue weighted by Crippen LogP contribution is -2.58. The number of nitrogens with two attached hydrogens (primary N) is 1. The Morgan fingerprint density at radius 2 is 1.79 bits per heavy atom. The lowest BCUT2D eigenvalue weighted by molar-refractivity contribution is 0.0209. The summed E-state index contributed by atoms with van der Waals surface area (Å²) in [6.45, 7) is 5.31. The highest BCUT2D eigenvalue weighted by Crippen LogP contribution is 2.32. The van der Waals surface area contributed by atoms with Crippen LogP contribution in [0.4, 0.5) is 5.69 Å². The van der Waals surface area contributed by atoms with Gasteiger partial charge in [-0.15, -0.1) is 24.0 Å². The highest BCUT2D eigenvalue weighted by atomic mass is 127. The van der Waals surface area contributed by atoms with Crippen molar-refractivity contribution in [2.24, 2.45) is 10.7 Å². The standard InChI is InChI=1S/C21H35N5O2.HI/c1-25-13-9-21(10-14-25,26-11-5-4-6-12-26)16-23-20(22)24-18-15-17(27-2)7-8-19(18)28-3;/h7-8,15H,4-6,9-14,16H2,1-3H3,(H3,22,23,24);1H. The van der Waals surface area contributed by atoms with Crippen LogP contribution in [0, 0.1) is 0 Å². The van der Waals surface area contributed by atoms with E-state index >= 15 is 0 Å². The molecule has 3 N–H and O–H groups in total.